The van der Waals surface area contributed by atoms with Gasteiger partial charge in [-0.3, -0.25) is 0 Å². The summed E-state index contributed by atoms with van der Waals surface area (Å²) < 4.78 is 4.96. The summed E-state index contributed by atoms with van der Waals surface area (Å²) in [4.78, 5) is 11.2. The number of nitrogens with one attached hydrogen (secondary N) is 1. The number of ether oxygens (including phenoxy) is 1. The second-order valence-electron chi connectivity index (χ2n) is 4.78. The van der Waals surface area contributed by atoms with Gasteiger partial charge < -0.3 is 15.2 Å². The summed E-state index contributed by atoms with van der Waals surface area (Å²) in [5.74, 6) is 0.249. The zero-order chi connectivity index (χ0) is 12.8. The van der Waals surface area contributed by atoms with E-state index in [4.69, 9.17) is 4.74 Å². The molecule has 2 aromatic carbocycles. The molecule has 1 amide bonds. The van der Waals surface area contributed by atoms with E-state index >= 15 is 0 Å². The van der Waals surface area contributed by atoms with Crippen LogP contribution in [-0.4, -0.2) is 17.8 Å². The molecule has 0 aliphatic carbocycles. The average Bonchev–Trinajstić information content (AvgIpc) is 2.70. The van der Waals surface area contributed by atoms with E-state index in [-0.39, 0.29) is 11.8 Å². The first-order chi connectivity index (χ1) is 8.57. The molecule has 0 aromatic heterocycles. The summed E-state index contributed by atoms with van der Waals surface area (Å²) in [5.41, 5.74) is 0.509. The van der Waals surface area contributed by atoms with Crippen LogP contribution >= 0.6 is 0 Å². The van der Waals surface area contributed by atoms with Crippen LogP contribution in [0.25, 0.3) is 10.8 Å². The van der Waals surface area contributed by atoms with E-state index in [1.165, 1.54) is 0 Å². The van der Waals surface area contributed by atoms with Gasteiger partial charge in [0, 0.05) is 0 Å². The van der Waals surface area contributed by atoms with Crippen molar-refractivity contribution in [2.45, 2.75) is 12.5 Å². The number of amides is 1. The molecule has 4 heteroatoms. The van der Waals surface area contributed by atoms with Crippen LogP contribution in [0.2, 0.25) is 0 Å². The van der Waals surface area contributed by atoms with Crippen molar-refractivity contribution in [3.8, 4) is 5.75 Å². The summed E-state index contributed by atoms with van der Waals surface area (Å²) in [6, 6.07) is 11.1. The van der Waals surface area contributed by atoms with Gasteiger partial charge in [0.25, 0.3) is 0 Å². The SMILES string of the molecule is CC1(c2ccc3cc(O)ccc3c2)COC(=O)N1. The maximum Gasteiger partial charge on any atom is 0.408 e. The second-order valence-corrected chi connectivity index (χ2v) is 4.78. The molecule has 3 rings (SSSR count). The molecule has 0 bridgehead atoms. The number of carbonyl (C=O) groups excluding carboxylic acids is 1. The summed E-state index contributed by atoms with van der Waals surface area (Å²) in [6.07, 6.45) is -0.386. The zero-order valence-electron chi connectivity index (χ0n) is 9.93. The minimum Gasteiger partial charge on any atom is -0.508 e. The lowest BCUT2D eigenvalue weighted by atomic mass is 9.91. The van der Waals surface area contributed by atoms with Crippen molar-refractivity contribution in [1.29, 1.82) is 0 Å². The number of benzene rings is 2. The van der Waals surface area contributed by atoms with Gasteiger partial charge in [-0.2, -0.15) is 0 Å². The Kier molecular flexibility index (Phi) is 2.20. The topological polar surface area (TPSA) is 58.6 Å². The highest BCUT2D eigenvalue weighted by Crippen LogP contribution is 2.29. The maximum atomic E-state index is 11.2. The number of fused-ring (bicyclic) bond motifs is 1. The molecular formula is C14H13NO3. The number of phenols is 1. The van der Waals surface area contributed by atoms with Gasteiger partial charge in [-0.15, -0.1) is 0 Å². The molecule has 2 aromatic rings. The minimum atomic E-state index is -0.483. The number of phenolic OH excluding ortho intramolecular Hbond substituents is 1. The fourth-order valence-corrected chi connectivity index (χ4v) is 2.24. The lowest BCUT2D eigenvalue weighted by molar-refractivity contribution is 0.173. The normalized spacial score (nSPS) is 22.8. The van der Waals surface area contributed by atoms with Gasteiger partial charge in [-0.1, -0.05) is 18.2 Å². The van der Waals surface area contributed by atoms with Gasteiger partial charge >= 0.3 is 6.09 Å². The molecular weight excluding hydrogens is 230 g/mol. The van der Waals surface area contributed by atoms with Gasteiger partial charge in [-0.25, -0.2) is 4.79 Å². The molecule has 1 atom stereocenters. The molecule has 0 saturated carbocycles. The monoisotopic (exact) mass is 243 g/mol. The van der Waals surface area contributed by atoms with Crippen LogP contribution in [-0.2, 0) is 10.3 Å². The Balaban J connectivity index is 2.08. The fraction of sp³-hybridized carbons (Fsp3) is 0.214. The lowest BCUT2D eigenvalue weighted by Crippen LogP contribution is -2.37. The van der Waals surface area contributed by atoms with Gasteiger partial charge in [-0.05, 0) is 41.5 Å². The fourth-order valence-electron chi connectivity index (χ4n) is 2.24. The van der Waals surface area contributed by atoms with Gasteiger partial charge in [0.2, 0.25) is 0 Å². The number of carbonyl (C=O) groups is 1. The van der Waals surface area contributed by atoms with E-state index in [1.54, 1.807) is 12.1 Å². The number of cyclic esters (lactones) is 1. The molecule has 1 aliphatic rings. The van der Waals surface area contributed by atoms with Crippen LogP contribution in [0.15, 0.2) is 36.4 Å². The first-order valence-electron chi connectivity index (χ1n) is 5.75. The van der Waals surface area contributed by atoms with Gasteiger partial charge in [0.1, 0.15) is 12.4 Å². The average molecular weight is 243 g/mol. The molecule has 1 fully saturated rings. The molecule has 1 saturated heterocycles. The molecule has 2 N–H and O–H groups in total. The highest BCUT2D eigenvalue weighted by atomic mass is 16.6. The number of aromatic hydroxyl groups is 1. The Hall–Kier alpha value is -2.23. The van der Waals surface area contributed by atoms with E-state index in [9.17, 15) is 9.90 Å². The van der Waals surface area contributed by atoms with E-state index in [1.807, 2.05) is 31.2 Å². The largest absolute Gasteiger partial charge is 0.508 e. The third kappa shape index (κ3) is 1.66. The summed E-state index contributed by atoms with van der Waals surface area (Å²) in [6.45, 7) is 2.26. The Morgan fingerprint density at radius 3 is 2.67 bits per heavy atom. The number of alkyl carbamates (subject to hydrolysis) is 1. The van der Waals surface area contributed by atoms with Crippen molar-refractivity contribution in [2.75, 3.05) is 6.61 Å². The second kappa shape index (κ2) is 3.63. The van der Waals surface area contributed by atoms with Gasteiger partial charge in [0.15, 0.2) is 0 Å². The molecule has 92 valence electrons. The highest BCUT2D eigenvalue weighted by molar-refractivity contribution is 5.85. The van der Waals surface area contributed by atoms with Crippen LogP contribution in [0.4, 0.5) is 4.79 Å². The maximum absolute atomic E-state index is 11.2. The van der Waals surface area contributed by atoms with Crippen molar-refractivity contribution in [3.05, 3.63) is 42.0 Å². The first-order valence-corrected chi connectivity index (χ1v) is 5.75. The molecule has 18 heavy (non-hydrogen) atoms. The molecule has 1 heterocycles. The van der Waals surface area contributed by atoms with Crippen LogP contribution < -0.4 is 5.32 Å². The summed E-state index contributed by atoms with van der Waals surface area (Å²) >= 11 is 0. The Labute approximate surface area is 104 Å². The van der Waals surface area contributed by atoms with Crippen molar-refractivity contribution in [3.63, 3.8) is 0 Å². The third-order valence-corrected chi connectivity index (χ3v) is 3.33. The van der Waals surface area contributed by atoms with E-state index in [0.29, 0.717) is 6.61 Å². The Bertz CT molecular complexity index is 638. The lowest BCUT2D eigenvalue weighted by Gasteiger charge is -2.21. The molecule has 0 radical (unpaired) electrons. The van der Waals surface area contributed by atoms with Crippen molar-refractivity contribution >= 4 is 16.9 Å². The first kappa shape index (κ1) is 10.9. The van der Waals surface area contributed by atoms with Crippen LogP contribution in [0.3, 0.4) is 0 Å². The Morgan fingerprint density at radius 1 is 1.22 bits per heavy atom. The van der Waals surface area contributed by atoms with Crippen LogP contribution in [0.1, 0.15) is 12.5 Å². The van der Waals surface area contributed by atoms with E-state index in [0.717, 1.165) is 16.3 Å². The predicted octanol–water partition coefficient (Wildman–Crippen LogP) is 2.50. The van der Waals surface area contributed by atoms with Crippen molar-refractivity contribution in [1.82, 2.24) is 5.32 Å². The zero-order valence-corrected chi connectivity index (χ0v) is 9.93. The van der Waals surface area contributed by atoms with Crippen LogP contribution in [0.5, 0.6) is 5.75 Å². The smallest absolute Gasteiger partial charge is 0.408 e. The standard InChI is InChI=1S/C14H13NO3/c1-14(8-18-13(17)15-14)11-4-2-10-7-12(16)5-3-9(10)6-11/h2-7,16H,8H2,1H3,(H,15,17). The van der Waals surface area contributed by atoms with E-state index < -0.39 is 5.54 Å². The van der Waals surface area contributed by atoms with Crippen molar-refractivity contribution < 1.29 is 14.6 Å². The van der Waals surface area contributed by atoms with E-state index in [2.05, 4.69) is 5.32 Å². The summed E-state index contributed by atoms with van der Waals surface area (Å²) in [5, 5.41) is 14.2. The molecule has 4 nitrogen and oxygen atoms in total. The molecule has 1 aliphatic heterocycles. The number of hydrogen-bond acceptors (Lipinski definition) is 3. The molecule has 0 spiro atoms. The molecule has 1 unspecified atom stereocenters. The number of rotatable bonds is 1. The quantitative estimate of drug-likeness (QED) is 0.809. The summed E-state index contributed by atoms with van der Waals surface area (Å²) in [7, 11) is 0. The number of hydrogen-bond donors (Lipinski definition) is 2. The highest BCUT2D eigenvalue weighted by Gasteiger charge is 2.36. The predicted molar refractivity (Wildman–Crippen MR) is 67.4 cm³/mol. The Morgan fingerprint density at radius 2 is 1.94 bits per heavy atom. The minimum absolute atomic E-state index is 0.249. The van der Waals surface area contributed by atoms with Gasteiger partial charge in [0.05, 0.1) is 5.54 Å². The van der Waals surface area contributed by atoms with Crippen molar-refractivity contribution in [2.24, 2.45) is 0 Å². The van der Waals surface area contributed by atoms with Crippen LogP contribution in [0, 0.1) is 0 Å². The third-order valence-electron chi connectivity index (χ3n) is 3.33.